The molecule has 0 unspecified atom stereocenters. The molecule has 5 heteroatoms. The largest absolute Gasteiger partial charge is 0.477 e. The molecule has 1 N–H and O–H groups in total. The van der Waals surface area contributed by atoms with E-state index in [-0.39, 0.29) is 5.56 Å². The molecule has 0 radical (unpaired) electrons. The zero-order valence-electron chi connectivity index (χ0n) is 8.39. The average Bonchev–Trinajstić information content (AvgIpc) is 2.30. The van der Waals surface area contributed by atoms with Gasteiger partial charge in [0.2, 0.25) is 0 Å². The summed E-state index contributed by atoms with van der Waals surface area (Å²) in [6.07, 6.45) is 6.17. The van der Waals surface area contributed by atoms with Crippen LogP contribution < -0.4 is 4.90 Å². The molecule has 2 heterocycles. The molecule has 1 aromatic heterocycles. The summed E-state index contributed by atoms with van der Waals surface area (Å²) < 4.78 is 0. The van der Waals surface area contributed by atoms with Gasteiger partial charge in [0.25, 0.3) is 0 Å². The van der Waals surface area contributed by atoms with Gasteiger partial charge in [-0.2, -0.15) is 0 Å². The van der Waals surface area contributed by atoms with Gasteiger partial charge in [-0.05, 0) is 19.3 Å². The molecule has 1 saturated heterocycles. The Kier molecular flexibility index (Phi) is 2.80. The van der Waals surface area contributed by atoms with Crippen LogP contribution in [0.4, 0.5) is 5.82 Å². The molecule has 2 rings (SSSR count). The van der Waals surface area contributed by atoms with Crippen LogP contribution in [-0.2, 0) is 0 Å². The van der Waals surface area contributed by atoms with Gasteiger partial charge < -0.3 is 10.0 Å². The Morgan fingerprint density at radius 3 is 2.73 bits per heavy atom. The van der Waals surface area contributed by atoms with Crippen LogP contribution in [0.2, 0.25) is 0 Å². The van der Waals surface area contributed by atoms with Gasteiger partial charge in [0, 0.05) is 19.3 Å². The highest BCUT2D eigenvalue weighted by Crippen LogP contribution is 2.20. The normalized spacial score (nSPS) is 16.4. The van der Waals surface area contributed by atoms with E-state index in [1.165, 1.54) is 18.9 Å². The van der Waals surface area contributed by atoms with Crippen LogP contribution in [0.25, 0.3) is 0 Å². The minimum absolute atomic E-state index is 0.194. The third kappa shape index (κ3) is 2.06. The lowest BCUT2D eigenvalue weighted by atomic mass is 10.1. The van der Waals surface area contributed by atoms with Crippen molar-refractivity contribution < 1.29 is 9.90 Å². The Balaban J connectivity index is 2.29. The molecule has 1 fully saturated rings. The fourth-order valence-electron chi connectivity index (χ4n) is 1.83. The van der Waals surface area contributed by atoms with Gasteiger partial charge in [-0.25, -0.2) is 14.8 Å². The minimum atomic E-state index is -0.962. The number of hydrogen-bond donors (Lipinski definition) is 1. The first-order chi connectivity index (χ1) is 7.29. The second-order valence-electron chi connectivity index (χ2n) is 3.61. The van der Waals surface area contributed by atoms with Crippen molar-refractivity contribution in [3.63, 3.8) is 0 Å². The predicted octanol–water partition coefficient (Wildman–Crippen LogP) is 1.17. The monoisotopic (exact) mass is 207 g/mol. The minimum Gasteiger partial charge on any atom is -0.477 e. The molecular weight excluding hydrogens is 194 g/mol. The molecule has 0 bridgehead atoms. The average molecular weight is 207 g/mol. The molecule has 0 amide bonds. The Morgan fingerprint density at radius 1 is 1.33 bits per heavy atom. The summed E-state index contributed by atoms with van der Waals surface area (Å²) in [6, 6.07) is 0. The highest BCUT2D eigenvalue weighted by atomic mass is 16.4. The number of carbonyl (C=O) groups is 1. The van der Waals surface area contributed by atoms with E-state index in [9.17, 15) is 4.79 Å². The molecule has 1 aliphatic heterocycles. The lowest BCUT2D eigenvalue weighted by molar-refractivity contribution is 0.0696. The quantitative estimate of drug-likeness (QED) is 0.788. The molecule has 0 saturated carbocycles. The number of rotatable bonds is 2. The molecule has 0 atom stereocenters. The molecule has 5 nitrogen and oxygen atoms in total. The Bertz CT molecular complexity index is 361. The van der Waals surface area contributed by atoms with Crippen molar-refractivity contribution in [1.29, 1.82) is 0 Å². The summed E-state index contributed by atoms with van der Waals surface area (Å²) in [6.45, 7) is 1.77. The van der Waals surface area contributed by atoms with Gasteiger partial charge in [0.1, 0.15) is 17.7 Å². The molecular formula is C10H13N3O2. The van der Waals surface area contributed by atoms with Gasteiger partial charge in [-0.15, -0.1) is 0 Å². The molecule has 15 heavy (non-hydrogen) atoms. The summed E-state index contributed by atoms with van der Waals surface area (Å²) in [5.41, 5.74) is 0.194. The summed E-state index contributed by atoms with van der Waals surface area (Å²) in [7, 11) is 0. The van der Waals surface area contributed by atoms with Crippen molar-refractivity contribution in [3.8, 4) is 0 Å². The van der Waals surface area contributed by atoms with Crippen molar-refractivity contribution in [1.82, 2.24) is 9.97 Å². The van der Waals surface area contributed by atoms with E-state index in [4.69, 9.17) is 5.11 Å². The molecule has 1 aromatic rings. The van der Waals surface area contributed by atoms with Crippen LogP contribution in [0, 0.1) is 0 Å². The number of aromatic nitrogens is 2. The number of aromatic carboxylic acids is 1. The van der Waals surface area contributed by atoms with Crippen LogP contribution >= 0.6 is 0 Å². The Morgan fingerprint density at radius 2 is 2.07 bits per heavy atom. The number of anilines is 1. The van der Waals surface area contributed by atoms with Crippen molar-refractivity contribution in [3.05, 3.63) is 18.1 Å². The SMILES string of the molecule is O=C(O)c1cncnc1N1CCCCC1. The van der Waals surface area contributed by atoms with Gasteiger partial charge in [0.15, 0.2) is 0 Å². The number of carboxylic acid groups (broad SMARTS) is 1. The number of carboxylic acids is 1. The van der Waals surface area contributed by atoms with Crippen molar-refractivity contribution in [2.24, 2.45) is 0 Å². The maximum atomic E-state index is 11.0. The topological polar surface area (TPSA) is 66.3 Å². The van der Waals surface area contributed by atoms with E-state index in [1.807, 2.05) is 4.90 Å². The first-order valence-electron chi connectivity index (χ1n) is 5.07. The maximum Gasteiger partial charge on any atom is 0.341 e. The van der Waals surface area contributed by atoms with E-state index in [0.717, 1.165) is 25.9 Å². The van der Waals surface area contributed by atoms with Crippen LogP contribution in [0.3, 0.4) is 0 Å². The van der Waals surface area contributed by atoms with Crippen LogP contribution in [0.15, 0.2) is 12.5 Å². The zero-order valence-corrected chi connectivity index (χ0v) is 8.39. The van der Waals surface area contributed by atoms with E-state index in [2.05, 4.69) is 9.97 Å². The molecule has 80 valence electrons. The lowest BCUT2D eigenvalue weighted by Gasteiger charge is -2.28. The predicted molar refractivity (Wildman–Crippen MR) is 55.1 cm³/mol. The highest BCUT2D eigenvalue weighted by molar-refractivity contribution is 5.92. The van der Waals surface area contributed by atoms with Crippen molar-refractivity contribution in [2.45, 2.75) is 19.3 Å². The van der Waals surface area contributed by atoms with E-state index in [0.29, 0.717) is 5.82 Å². The van der Waals surface area contributed by atoms with Crippen LogP contribution in [0.1, 0.15) is 29.6 Å². The van der Waals surface area contributed by atoms with Gasteiger partial charge in [-0.1, -0.05) is 0 Å². The zero-order chi connectivity index (χ0) is 10.7. The first kappa shape index (κ1) is 9.89. The van der Waals surface area contributed by atoms with Crippen molar-refractivity contribution in [2.75, 3.05) is 18.0 Å². The maximum absolute atomic E-state index is 11.0. The summed E-state index contributed by atoms with van der Waals surface area (Å²) in [5, 5.41) is 8.99. The van der Waals surface area contributed by atoms with Crippen molar-refractivity contribution >= 4 is 11.8 Å². The fraction of sp³-hybridized carbons (Fsp3) is 0.500. The third-order valence-corrected chi connectivity index (χ3v) is 2.58. The Labute approximate surface area is 87.8 Å². The fourth-order valence-corrected chi connectivity index (χ4v) is 1.83. The second kappa shape index (κ2) is 4.25. The van der Waals surface area contributed by atoms with E-state index >= 15 is 0 Å². The van der Waals surface area contributed by atoms with Gasteiger partial charge in [-0.3, -0.25) is 0 Å². The Hall–Kier alpha value is -1.65. The number of piperidine rings is 1. The molecule has 0 spiro atoms. The number of hydrogen-bond acceptors (Lipinski definition) is 4. The summed E-state index contributed by atoms with van der Waals surface area (Å²) in [5.74, 6) is -0.409. The van der Waals surface area contributed by atoms with Crippen LogP contribution in [-0.4, -0.2) is 34.1 Å². The smallest absolute Gasteiger partial charge is 0.341 e. The summed E-state index contributed by atoms with van der Waals surface area (Å²) in [4.78, 5) is 20.8. The lowest BCUT2D eigenvalue weighted by Crippen LogP contribution is -2.31. The van der Waals surface area contributed by atoms with E-state index < -0.39 is 5.97 Å². The second-order valence-corrected chi connectivity index (χ2v) is 3.61. The van der Waals surface area contributed by atoms with Crippen LogP contribution in [0.5, 0.6) is 0 Å². The molecule has 1 aliphatic rings. The highest BCUT2D eigenvalue weighted by Gasteiger charge is 2.19. The first-order valence-corrected chi connectivity index (χ1v) is 5.07. The third-order valence-electron chi connectivity index (χ3n) is 2.58. The van der Waals surface area contributed by atoms with E-state index in [1.54, 1.807) is 0 Å². The number of nitrogens with zero attached hydrogens (tertiary/aromatic N) is 3. The standard InChI is InChI=1S/C10H13N3O2/c14-10(15)8-6-11-7-12-9(8)13-4-2-1-3-5-13/h6-7H,1-5H2,(H,14,15). The molecule has 0 aliphatic carbocycles. The summed E-state index contributed by atoms with van der Waals surface area (Å²) >= 11 is 0. The van der Waals surface area contributed by atoms with Gasteiger partial charge >= 0.3 is 5.97 Å². The van der Waals surface area contributed by atoms with Gasteiger partial charge in [0.05, 0.1) is 0 Å². The molecule has 0 aromatic carbocycles.